The Morgan fingerprint density at radius 2 is 0.810 bits per heavy atom. The SMILES string of the molecule is CC(C)(C)CC(=O)Nc1nc2ccc(Cl)nc2n1C1CC(F)C1.CC1(C)CCC[C@@H](CC(=O)Nc2nc3ccc(Cl)nc3n2C2CCC2)O1.CC1(F)CC(CC(=O)Nc2nc3ccc(Cl)nc3n2C2CCC2)C1.CCOCCn1c(NC(=O)CC(C)(C)C)nc2ccc(Cl)nc21.CC[C@H](C)CC(=O)Nc1nc2ccc(C)nc2n1C1CCC1.COC(C)(C)CCC(=O)Nc1nc2ccc(Cl)nc2n1C1CCC1. The van der Waals surface area contributed by atoms with Crippen molar-refractivity contribution in [2.24, 2.45) is 22.7 Å². The maximum atomic E-state index is 13.6. The van der Waals surface area contributed by atoms with Crippen LogP contribution in [0, 0.1) is 29.6 Å². The van der Waals surface area contributed by atoms with Crippen molar-refractivity contribution in [1.82, 2.24) is 87.2 Å². The highest BCUT2D eigenvalue weighted by Gasteiger charge is 2.43. The van der Waals surface area contributed by atoms with Gasteiger partial charge in [0.05, 0.1) is 36.9 Å². The first kappa shape index (κ1) is 107. The highest BCUT2D eigenvalue weighted by atomic mass is 35.5. The summed E-state index contributed by atoms with van der Waals surface area (Å²) in [6, 6.07) is 22.8. The van der Waals surface area contributed by atoms with Crippen molar-refractivity contribution >= 4 is 196 Å². The Bertz CT molecular complexity index is 6490. The van der Waals surface area contributed by atoms with E-state index in [0.717, 1.165) is 128 Å². The Morgan fingerprint density at radius 1 is 0.458 bits per heavy atom. The summed E-state index contributed by atoms with van der Waals surface area (Å²) in [7, 11) is 1.66. The number of nitrogens with one attached hydrogen (secondary N) is 6. The lowest BCUT2D eigenvalue weighted by molar-refractivity contribution is -0.131. The smallest absolute Gasteiger partial charge is 0.229 e. The molecule has 6 N–H and O–H groups in total. The van der Waals surface area contributed by atoms with Crippen molar-refractivity contribution in [3.63, 3.8) is 0 Å². The van der Waals surface area contributed by atoms with Crippen LogP contribution in [0.2, 0.25) is 25.8 Å². The van der Waals surface area contributed by atoms with E-state index in [1.165, 1.54) is 19.3 Å². The first-order valence-corrected chi connectivity index (χ1v) is 51.7. The van der Waals surface area contributed by atoms with Crippen molar-refractivity contribution in [3.8, 4) is 0 Å². The molecule has 0 spiro atoms. The number of aromatic nitrogens is 18. The predicted molar refractivity (Wildman–Crippen MR) is 555 cm³/mol. The topological polar surface area (TPSA) is 387 Å². The summed E-state index contributed by atoms with van der Waals surface area (Å²) >= 11 is 30.1. The number of rotatable bonds is 28. The van der Waals surface area contributed by atoms with Gasteiger partial charge in [-0.05, 0) is 272 Å². The predicted octanol–water partition coefficient (Wildman–Crippen LogP) is 24.2. The molecule has 0 bridgehead atoms. The third kappa shape index (κ3) is 28.3. The van der Waals surface area contributed by atoms with Gasteiger partial charge in [-0.1, -0.05) is 120 Å². The maximum Gasteiger partial charge on any atom is 0.229 e. The van der Waals surface area contributed by atoms with Gasteiger partial charge in [-0.15, -0.1) is 0 Å². The number of hydrogen-bond donors (Lipinski definition) is 6. The molecule has 0 unspecified atom stereocenters. The zero-order valence-electron chi connectivity index (χ0n) is 84.2. The summed E-state index contributed by atoms with van der Waals surface area (Å²) in [5.74, 6) is 3.33. The number of fused-ring (bicyclic) bond motifs is 6. The Morgan fingerprint density at radius 3 is 1.18 bits per heavy atom. The van der Waals surface area contributed by atoms with Crippen LogP contribution >= 0.6 is 58.0 Å². The third-order valence-corrected chi connectivity index (χ3v) is 27.9. The normalized spacial score (nSPS) is 19.3. The standard InChI is InChI=1S/C19H25ClN4O2.C17H20ClFN4O.C17H23ClN4O2.C17H24N4O.C16H20ClFN4O.C16H23ClN4O2/c1-19(2)10-4-7-13(26-19)11-16(25)23-18-21-14-8-9-15(20)22-17(14)24(18)12-5-3-6-12;1-17(19)8-10(9-17)7-14(24)22-16-20-12-5-6-13(18)21-15(12)23(16)11-3-2-4-11;1-17(2,24-3)10-9-14(23)21-16-19-12-7-8-13(18)20-15(12)22(16)11-5-4-6-11;1-4-11(2)10-15(22)20-17-19-14-9-8-12(3)18-16(14)21(17)13-6-5-7-13;1-16(2,3)8-13(23)21-15-19-11-4-5-12(17)20-14(11)22(15)10-6-9(18)7-10;1-5-23-9-8-21-14-11(6-7-12(17)19-14)18-15(21)20-13(22)10-16(2,3)4/h8-9,12-13H,3-7,10-11H2,1-2H3,(H,21,23,25);5-6,10-11H,2-4,7-9H2,1H3,(H,20,22,24);7-8,11H,4-6,9-10H2,1-3H3,(H,19,21,23);8-9,11,13H,4-7,10H2,1-3H3,(H,19,20,22);4-5,9-10H,6-8H2,1-3H3,(H,19,21,23);6-7H,5,8-10H2,1-4H3,(H,18,20,22)/t13-;;;11-;;/m0..0../s1. The van der Waals surface area contributed by atoms with Crippen LogP contribution in [0.15, 0.2) is 72.8 Å². The van der Waals surface area contributed by atoms with Crippen LogP contribution in [0.4, 0.5) is 44.5 Å². The minimum atomic E-state index is -1.11. The molecule has 19 rings (SSSR count). The number of ether oxygens (including phenoxy) is 3. The molecule has 12 aromatic heterocycles. The third-order valence-electron chi connectivity index (χ3n) is 26.8. The van der Waals surface area contributed by atoms with Gasteiger partial charge in [-0.25, -0.2) is 68.6 Å². The summed E-state index contributed by atoms with van der Waals surface area (Å²) in [6.45, 7) is 31.6. The number of carbonyl (C=O) groups is 6. The molecule has 0 radical (unpaired) electrons. The number of pyridine rings is 6. The van der Waals surface area contributed by atoms with Gasteiger partial charge in [0.1, 0.15) is 70.7 Å². The van der Waals surface area contributed by atoms with E-state index in [1.54, 1.807) is 61.1 Å². The minimum Gasteiger partial charge on any atom is -0.380 e. The summed E-state index contributed by atoms with van der Waals surface area (Å²) in [5, 5.41) is 19.6. The molecule has 7 fully saturated rings. The molecule has 33 nitrogen and oxygen atoms in total. The van der Waals surface area contributed by atoms with Crippen molar-refractivity contribution in [2.45, 2.75) is 343 Å². The number of carbonyl (C=O) groups excluding carboxylic acids is 6. The van der Waals surface area contributed by atoms with E-state index >= 15 is 0 Å². The van der Waals surface area contributed by atoms with Crippen LogP contribution < -0.4 is 31.9 Å². The van der Waals surface area contributed by atoms with Crippen molar-refractivity contribution in [3.05, 3.63) is 104 Å². The number of imidazole rings is 6. The number of hydrogen-bond acceptors (Lipinski definition) is 21. The fraction of sp³-hybridized carbons (Fsp3) is 0.588. The molecular formula is C102H135Cl5F2N24O9. The average molecular weight is 2060 g/mol. The van der Waals surface area contributed by atoms with E-state index in [0.29, 0.717) is 210 Å². The van der Waals surface area contributed by atoms with Crippen LogP contribution in [0.25, 0.3) is 67.0 Å². The van der Waals surface area contributed by atoms with Gasteiger partial charge >= 0.3 is 0 Å². The van der Waals surface area contributed by atoms with E-state index in [2.05, 4.69) is 124 Å². The van der Waals surface area contributed by atoms with Gasteiger partial charge in [0.15, 0.2) is 33.9 Å². The zero-order chi connectivity index (χ0) is 102. The van der Waals surface area contributed by atoms with Crippen molar-refractivity contribution in [2.75, 3.05) is 52.2 Å². The average Bonchev–Trinajstić information content (AvgIpc) is 1.64. The molecule has 13 heterocycles. The molecule has 766 valence electrons. The van der Waals surface area contributed by atoms with Gasteiger partial charge < -0.3 is 14.2 Å². The van der Waals surface area contributed by atoms with Gasteiger partial charge in [0.2, 0.25) is 71.1 Å². The number of aryl methyl sites for hydroxylation is 1. The fourth-order valence-electron chi connectivity index (χ4n) is 18.2. The number of anilines is 6. The molecule has 1 saturated heterocycles. The minimum absolute atomic E-state index is 0.0344. The van der Waals surface area contributed by atoms with Crippen LogP contribution in [0.1, 0.15) is 306 Å². The number of halogens is 7. The lowest BCUT2D eigenvalue weighted by Crippen LogP contribution is -2.38. The van der Waals surface area contributed by atoms with Gasteiger partial charge in [0.25, 0.3) is 0 Å². The lowest BCUT2D eigenvalue weighted by Gasteiger charge is -2.38. The number of alkyl halides is 2. The van der Waals surface area contributed by atoms with Crippen LogP contribution in [0.3, 0.4) is 0 Å². The zero-order valence-corrected chi connectivity index (χ0v) is 88.0. The quantitative estimate of drug-likeness (QED) is 0.0196. The largest absolute Gasteiger partial charge is 0.380 e. The Hall–Kier alpha value is -10.3. The number of amides is 6. The van der Waals surface area contributed by atoms with Gasteiger partial charge in [-0.2, -0.15) is 0 Å². The maximum absolute atomic E-state index is 13.6. The van der Waals surface area contributed by atoms with Crippen molar-refractivity contribution in [1.29, 1.82) is 0 Å². The molecule has 6 aliphatic carbocycles. The van der Waals surface area contributed by atoms with Gasteiger partial charge in [0, 0.05) is 81.7 Å². The number of nitrogens with zero attached hydrogens (tertiary/aromatic N) is 18. The first-order valence-electron chi connectivity index (χ1n) is 49.8. The molecule has 12 aromatic rings. The Kier molecular flexibility index (Phi) is 35.1. The van der Waals surface area contributed by atoms with E-state index in [-0.39, 0.29) is 75.5 Å². The summed E-state index contributed by atoms with van der Waals surface area (Å²) in [5.41, 5.74) is 7.92. The molecule has 7 aliphatic rings. The van der Waals surface area contributed by atoms with Crippen molar-refractivity contribution < 1.29 is 51.8 Å². The molecule has 40 heteroatoms. The number of methoxy groups -OCH3 is 1. The highest BCUT2D eigenvalue weighted by molar-refractivity contribution is 6.31. The molecule has 142 heavy (non-hydrogen) atoms. The monoisotopic (exact) mass is 2050 g/mol. The molecule has 0 aromatic carbocycles. The van der Waals surface area contributed by atoms with E-state index in [1.807, 2.05) is 118 Å². The Balaban J connectivity index is 0.000000135. The second kappa shape index (κ2) is 46.4. The summed E-state index contributed by atoms with van der Waals surface area (Å²) < 4.78 is 55.5. The lowest BCUT2D eigenvalue weighted by atomic mass is 9.72. The fourth-order valence-corrected chi connectivity index (χ4v) is 18.9. The Labute approximate surface area is 851 Å². The molecule has 6 saturated carbocycles. The highest BCUT2D eigenvalue weighted by Crippen LogP contribution is 2.46. The van der Waals surface area contributed by atoms with Gasteiger partial charge in [-0.3, -0.25) is 88.1 Å². The first-order chi connectivity index (χ1) is 67.3. The second-order valence-electron chi connectivity index (χ2n) is 42.5. The molecular weight excluding hydrogens is 1920 g/mol. The summed E-state index contributed by atoms with van der Waals surface area (Å²) in [4.78, 5) is 128. The van der Waals surface area contributed by atoms with E-state index < -0.39 is 11.8 Å². The van der Waals surface area contributed by atoms with E-state index in [4.69, 9.17) is 72.2 Å². The van der Waals surface area contributed by atoms with E-state index in [9.17, 15) is 37.5 Å². The molecule has 6 amide bonds. The van der Waals surface area contributed by atoms with Crippen LogP contribution in [-0.4, -0.2) is 172 Å². The second-order valence-corrected chi connectivity index (χ2v) is 44.4. The summed E-state index contributed by atoms with van der Waals surface area (Å²) in [6.07, 6.45) is 21.4. The molecule has 2 atom stereocenters. The van der Waals surface area contributed by atoms with Crippen LogP contribution in [0.5, 0.6) is 0 Å². The molecule has 1 aliphatic heterocycles. The van der Waals surface area contributed by atoms with Crippen LogP contribution in [-0.2, 0) is 49.5 Å².